The minimum absolute atomic E-state index is 0.610. The summed E-state index contributed by atoms with van der Waals surface area (Å²) in [4.78, 5) is 0. The number of hydrogen-bond acceptors (Lipinski definition) is 3. The van der Waals surface area contributed by atoms with Crippen molar-refractivity contribution in [1.82, 2.24) is 5.32 Å². The van der Waals surface area contributed by atoms with Gasteiger partial charge in [0.1, 0.15) is 5.75 Å². The van der Waals surface area contributed by atoms with Crippen LogP contribution in [0.1, 0.15) is 38.2 Å². The van der Waals surface area contributed by atoms with Crippen LogP contribution in [0.5, 0.6) is 5.75 Å². The summed E-state index contributed by atoms with van der Waals surface area (Å²) in [6.45, 7) is 5.24. The van der Waals surface area contributed by atoms with Gasteiger partial charge in [-0.2, -0.15) is 0 Å². The number of benzene rings is 1. The molecule has 1 heterocycles. The maximum Gasteiger partial charge on any atom is 0.118 e. The molecule has 3 nitrogen and oxygen atoms in total. The zero-order chi connectivity index (χ0) is 14.9. The van der Waals surface area contributed by atoms with Crippen LogP contribution in [0.3, 0.4) is 0 Å². The Labute approximate surface area is 129 Å². The lowest BCUT2D eigenvalue weighted by atomic mass is 9.94. The van der Waals surface area contributed by atoms with Gasteiger partial charge in [-0.25, -0.2) is 0 Å². The number of rotatable bonds is 9. The van der Waals surface area contributed by atoms with E-state index in [-0.39, 0.29) is 0 Å². The summed E-state index contributed by atoms with van der Waals surface area (Å²) in [5.74, 6) is 1.68. The number of hydrogen-bond donors (Lipinski definition) is 1. The van der Waals surface area contributed by atoms with Crippen LogP contribution in [0.2, 0.25) is 0 Å². The molecule has 1 aromatic rings. The Bertz CT molecular complexity index is 385. The Balaban J connectivity index is 1.81. The van der Waals surface area contributed by atoms with E-state index in [4.69, 9.17) is 9.47 Å². The van der Waals surface area contributed by atoms with Crippen molar-refractivity contribution in [3.63, 3.8) is 0 Å². The second-order valence-electron chi connectivity index (χ2n) is 6.00. The van der Waals surface area contributed by atoms with Crippen molar-refractivity contribution in [3.8, 4) is 5.75 Å². The smallest absolute Gasteiger partial charge is 0.118 e. The Morgan fingerprint density at radius 2 is 2.14 bits per heavy atom. The highest BCUT2D eigenvalue weighted by atomic mass is 16.5. The molecule has 1 saturated heterocycles. The summed E-state index contributed by atoms with van der Waals surface area (Å²) < 4.78 is 10.7. The number of methoxy groups -OCH3 is 1. The van der Waals surface area contributed by atoms with Gasteiger partial charge in [0.25, 0.3) is 0 Å². The molecule has 118 valence electrons. The molecule has 0 aromatic heterocycles. The lowest BCUT2D eigenvalue weighted by molar-refractivity contribution is 0.181. The molecule has 0 spiro atoms. The minimum Gasteiger partial charge on any atom is -0.497 e. The van der Waals surface area contributed by atoms with Crippen molar-refractivity contribution in [2.45, 2.75) is 45.1 Å². The van der Waals surface area contributed by atoms with Gasteiger partial charge >= 0.3 is 0 Å². The van der Waals surface area contributed by atoms with Gasteiger partial charge in [-0.1, -0.05) is 19.1 Å². The van der Waals surface area contributed by atoms with Crippen LogP contribution in [-0.2, 0) is 11.2 Å². The van der Waals surface area contributed by atoms with Gasteiger partial charge in [0.15, 0.2) is 0 Å². The highest BCUT2D eigenvalue weighted by Gasteiger charge is 2.20. The van der Waals surface area contributed by atoms with E-state index in [2.05, 4.69) is 36.5 Å². The second kappa shape index (κ2) is 9.06. The standard InChI is InChI=1S/C18H29NO2/c1-3-11-19-17(13-16-10-12-21-14-16)7-4-15-5-8-18(20-2)9-6-15/h5-6,8-9,16-17,19H,3-4,7,10-14H2,1-2H3. The van der Waals surface area contributed by atoms with Crippen molar-refractivity contribution in [3.05, 3.63) is 29.8 Å². The third-order valence-electron chi connectivity index (χ3n) is 4.27. The van der Waals surface area contributed by atoms with E-state index in [0.717, 1.165) is 37.8 Å². The van der Waals surface area contributed by atoms with Crippen molar-refractivity contribution in [2.24, 2.45) is 5.92 Å². The van der Waals surface area contributed by atoms with Gasteiger partial charge in [-0.05, 0) is 62.3 Å². The molecule has 1 N–H and O–H groups in total. The topological polar surface area (TPSA) is 30.5 Å². The molecule has 1 aromatic carbocycles. The SMILES string of the molecule is CCCNC(CCc1ccc(OC)cc1)CC1CCOC1. The first-order valence-corrected chi connectivity index (χ1v) is 8.26. The first-order valence-electron chi connectivity index (χ1n) is 8.26. The summed E-state index contributed by atoms with van der Waals surface area (Å²) in [7, 11) is 1.71. The lowest BCUT2D eigenvalue weighted by Gasteiger charge is -2.21. The molecule has 1 fully saturated rings. The molecule has 3 heteroatoms. The fraction of sp³-hybridized carbons (Fsp3) is 0.667. The highest BCUT2D eigenvalue weighted by Crippen LogP contribution is 2.21. The summed E-state index contributed by atoms with van der Waals surface area (Å²) in [5.41, 5.74) is 1.39. The fourth-order valence-corrected chi connectivity index (χ4v) is 2.96. The predicted molar refractivity (Wildman–Crippen MR) is 86.9 cm³/mol. The van der Waals surface area contributed by atoms with Gasteiger partial charge in [0, 0.05) is 19.3 Å². The van der Waals surface area contributed by atoms with Crippen molar-refractivity contribution in [1.29, 1.82) is 0 Å². The van der Waals surface area contributed by atoms with E-state index in [9.17, 15) is 0 Å². The van der Waals surface area contributed by atoms with Crippen LogP contribution >= 0.6 is 0 Å². The maximum atomic E-state index is 5.51. The van der Waals surface area contributed by atoms with E-state index in [1.807, 2.05) is 0 Å². The van der Waals surface area contributed by atoms with Crippen LogP contribution in [0, 0.1) is 5.92 Å². The Kier molecular flexibility index (Phi) is 7.04. The third-order valence-corrected chi connectivity index (χ3v) is 4.27. The van der Waals surface area contributed by atoms with Crippen LogP contribution in [0.25, 0.3) is 0 Å². The average molecular weight is 291 g/mol. The molecular weight excluding hydrogens is 262 g/mol. The van der Waals surface area contributed by atoms with Gasteiger partial charge in [-0.3, -0.25) is 0 Å². The van der Waals surface area contributed by atoms with E-state index < -0.39 is 0 Å². The molecule has 0 saturated carbocycles. The van der Waals surface area contributed by atoms with Crippen molar-refractivity contribution >= 4 is 0 Å². The first kappa shape index (κ1) is 16.3. The molecule has 21 heavy (non-hydrogen) atoms. The monoisotopic (exact) mass is 291 g/mol. The molecular formula is C18H29NO2. The highest BCUT2D eigenvalue weighted by molar-refractivity contribution is 5.27. The number of nitrogens with one attached hydrogen (secondary N) is 1. The quantitative estimate of drug-likeness (QED) is 0.756. The molecule has 2 rings (SSSR count). The van der Waals surface area contributed by atoms with E-state index >= 15 is 0 Å². The van der Waals surface area contributed by atoms with Gasteiger partial charge < -0.3 is 14.8 Å². The van der Waals surface area contributed by atoms with Crippen LogP contribution in [-0.4, -0.2) is 32.9 Å². The predicted octanol–water partition coefficient (Wildman–Crippen LogP) is 3.42. The second-order valence-corrected chi connectivity index (χ2v) is 6.00. The van der Waals surface area contributed by atoms with Crippen LogP contribution in [0.15, 0.2) is 24.3 Å². The van der Waals surface area contributed by atoms with Crippen molar-refractivity contribution in [2.75, 3.05) is 26.9 Å². The summed E-state index contributed by atoms with van der Waals surface area (Å²) in [6.07, 6.45) is 5.99. The average Bonchev–Trinajstić information content (AvgIpc) is 3.03. The summed E-state index contributed by atoms with van der Waals surface area (Å²) >= 11 is 0. The van der Waals surface area contributed by atoms with Crippen molar-refractivity contribution < 1.29 is 9.47 Å². The number of ether oxygens (including phenoxy) is 2. The number of aryl methyl sites for hydroxylation is 1. The fourth-order valence-electron chi connectivity index (χ4n) is 2.96. The largest absolute Gasteiger partial charge is 0.497 e. The van der Waals surface area contributed by atoms with Gasteiger partial charge in [-0.15, -0.1) is 0 Å². The molecule has 2 atom stereocenters. The molecule has 2 unspecified atom stereocenters. The molecule has 0 radical (unpaired) electrons. The minimum atomic E-state index is 0.610. The Hall–Kier alpha value is -1.06. The maximum absolute atomic E-state index is 5.51. The zero-order valence-corrected chi connectivity index (χ0v) is 13.4. The van der Waals surface area contributed by atoms with Crippen LogP contribution in [0.4, 0.5) is 0 Å². The van der Waals surface area contributed by atoms with E-state index in [1.54, 1.807) is 7.11 Å². The molecule has 1 aliphatic rings. The molecule has 1 aliphatic heterocycles. The third kappa shape index (κ3) is 5.68. The molecule has 0 amide bonds. The first-order chi connectivity index (χ1) is 10.3. The summed E-state index contributed by atoms with van der Waals surface area (Å²) in [6, 6.07) is 9.06. The van der Waals surface area contributed by atoms with E-state index in [0.29, 0.717) is 6.04 Å². The zero-order valence-electron chi connectivity index (χ0n) is 13.4. The normalized spacial score (nSPS) is 19.6. The summed E-state index contributed by atoms with van der Waals surface area (Å²) in [5, 5.41) is 3.71. The lowest BCUT2D eigenvalue weighted by Crippen LogP contribution is -2.32. The van der Waals surface area contributed by atoms with E-state index in [1.165, 1.54) is 31.2 Å². The Morgan fingerprint density at radius 3 is 2.76 bits per heavy atom. The molecule has 0 aliphatic carbocycles. The van der Waals surface area contributed by atoms with Gasteiger partial charge in [0.05, 0.1) is 7.11 Å². The van der Waals surface area contributed by atoms with Gasteiger partial charge in [0.2, 0.25) is 0 Å². The van der Waals surface area contributed by atoms with Crippen LogP contribution < -0.4 is 10.1 Å². The molecule has 0 bridgehead atoms. The Morgan fingerprint density at radius 1 is 1.33 bits per heavy atom.